The molecule has 1 unspecified atom stereocenters. The number of aliphatic hydroxyl groups is 1. The normalized spacial score (nSPS) is 12.6. The van der Waals surface area contributed by atoms with Crippen molar-refractivity contribution in [2.24, 2.45) is 0 Å². The van der Waals surface area contributed by atoms with Crippen molar-refractivity contribution in [2.75, 3.05) is 7.11 Å². The maximum absolute atomic E-state index is 9.04. The highest BCUT2D eigenvalue weighted by Crippen LogP contribution is 2.16. The number of hydrogen-bond donors (Lipinski definition) is 1. The summed E-state index contributed by atoms with van der Waals surface area (Å²) in [7, 11) is 1.61. The highest BCUT2D eigenvalue weighted by atomic mass is 16.5. The van der Waals surface area contributed by atoms with Crippen LogP contribution in [0.25, 0.3) is 0 Å². The molecule has 0 heterocycles. The minimum atomic E-state index is -0.652. The molecule has 1 rings (SSSR count). The Balaban J connectivity index is 2.83. The van der Waals surface area contributed by atoms with Crippen molar-refractivity contribution in [1.82, 2.24) is 0 Å². The second kappa shape index (κ2) is 3.39. The molecule has 0 amide bonds. The van der Waals surface area contributed by atoms with E-state index >= 15 is 0 Å². The van der Waals surface area contributed by atoms with Crippen LogP contribution >= 0.6 is 0 Å². The molecule has 1 aromatic carbocycles. The maximum atomic E-state index is 9.04. The first-order chi connectivity index (χ1) is 5.24. The minimum absolute atomic E-state index is 0.652. The van der Waals surface area contributed by atoms with Crippen LogP contribution < -0.4 is 4.74 Å². The van der Waals surface area contributed by atoms with Crippen LogP contribution in [0.5, 0.6) is 5.75 Å². The van der Waals surface area contributed by atoms with Gasteiger partial charge in [0.25, 0.3) is 0 Å². The fraction of sp³-hybridized carbons (Fsp3) is 0.222. The molecule has 2 nitrogen and oxygen atoms in total. The predicted molar refractivity (Wildman–Crippen MR) is 43.3 cm³/mol. The molecular formula is C9H11O2. The van der Waals surface area contributed by atoms with Gasteiger partial charge in [-0.05, 0) is 24.6 Å². The van der Waals surface area contributed by atoms with Crippen molar-refractivity contribution in [3.8, 4) is 5.75 Å². The van der Waals surface area contributed by atoms with E-state index in [0.29, 0.717) is 0 Å². The van der Waals surface area contributed by atoms with Gasteiger partial charge >= 0.3 is 0 Å². The molecule has 0 spiro atoms. The Morgan fingerprint density at radius 3 is 2.27 bits per heavy atom. The van der Waals surface area contributed by atoms with Crippen LogP contribution in [0.4, 0.5) is 0 Å². The van der Waals surface area contributed by atoms with Gasteiger partial charge in [0.05, 0.1) is 13.2 Å². The van der Waals surface area contributed by atoms with Crippen molar-refractivity contribution in [1.29, 1.82) is 0 Å². The molecule has 1 atom stereocenters. The summed E-state index contributed by atoms with van der Waals surface area (Å²) in [4.78, 5) is 0. The first-order valence-corrected chi connectivity index (χ1v) is 3.39. The molecule has 0 aromatic heterocycles. The molecule has 0 saturated carbocycles. The number of hydrogen-bond acceptors (Lipinski definition) is 2. The summed E-state index contributed by atoms with van der Waals surface area (Å²) in [5.41, 5.74) is 0.797. The van der Waals surface area contributed by atoms with Gasteiger partial charge in [0, 0.05) is 0 Å². The standard InChI is InChI=1S/C9H11O2/c1-7(10)8-3-5-9(11-2)6-4-8/h3-7,10H,1H2,2H3. The SMILES string of the molecule is [CH2]C(O)c1ccc(OC)cc1. The lowest BCUT2D eigenvalue weighted by molar-refractivity contribution is 0.226. The van der Waals surface area contributed by atoms with Gasteiger partial charge in [-0.2, -0.15) is 0 Å². The number of benzene rings is 1. The average molecular weight is 151 g/mol. The molecule has 0 fully saturated rings. The molecule has 0 aliphatic rings. The van der Waals surface area contributed by atoms with Crippen LogP contribution in [0.1, 0.15) is 11.7 Å². The number of methoxy groups -OCH3 is 1. The highest BCUT2D eigenvalue weighted by molar-refractivity contribution is 5.28. The largest absolute Gasteiger partial charge is 0.497 e. The van der Waals surface area contributed by atoms with Gasteiger partial charge in [-0.1, -0.05) is 12.1 Å². The molecule has 1 N–H and O–H groups in total. The minimum Gasteiger partial charge on any atom is -0.497 e. The lowest BCUT2D eigenvalue weighted by atomic mass is 10.1. The van der Waals surface area contributed by atoms with Gasteiger partial charge in [-0.15, -0.1) is 0 Å². The van der Waals surface area contributed by atoms with Gasteiger partial charge in [0.1, 0.15) is 5.75 Å². The Bertz CT molecular complexity index is 214. The predicted octanol–water partition coefficient (Wildman–Crippen LogP) is 1.56. The smallest absolute Gasteiger partial charge is 0.118 e. The van der Waals surface area contributed by atoms with E-state index < -0.39 is 6.10 Å². The summed E-state index contributed by atoms with van der Waals surface area (Å²) in [6.45, 7) is 3.48. The van der Waals surface area contributed by atoms with E-state index in [0.717, 1.165) is 11.3 Å². The number of rotatable bonds is 2. The van der Waals surface area contributed by atoms with Crippen LogP contribution in [0.15, 0.2) is 24.3 Å². The summed E-state index contributed by atoms with van der Waals surface area (Å²) in [5, 5.41) is 9.04. The topological polar surface area (TPSA) is 29.5 Å². The van der Waals surface area contributed by atoms with Crippen LogP contribution in [0.3, 0.4) is 0 Å². The molecule has 0 bridgehead atoms. The first kappa shape index (κ1) is 8.08. The number of ether oxygens (including phenoxy) is 1. The molecule has 11 heavy (non-hydrogen) atoms. The molecule has 1 aromatic rings. The van der Waals surface area contributed by atoms with Gasteiger partial charge in [-0.3, -0.25) is 0 Å². The van der Waals surface area contributed by atoms with Crippen molar-refractivity contribution in [3.63, 3.8) is 0 Å². The summed E-state index contributed by atoms with van der Waals surface area (Å²) in [6.07, 6.45) is -0.652. The lowest BCUT2D eigenvalue weighted by Gasteiger charge is -2.04. The number of aliphatic hydroxyl groups excluding tert-OH is 1. The molecule has 0 saturated heterocycles. The van der Waals surface area contributed by atoms with E-state index in [1.165, 1.54) is 0 Å². The second-order valence-electron chi connectivity index (χ2n) is 2.29. The fourth-order valence-corrected chi connectivity index (χ4v) is 0.826. The van der Waals surface area contributed by atoms with E-state index in [1.54, 1.807) is 31.4 Å². The fourth-order valence-electron chi connectivity index (χ4n) is 0.826. The Morgan fingerprint density at radius 1 is 1.36 bits per heavy atom. The van der Waals surface area contributed by atoms with E-state index in [2.05, 4.69) is 6.92 Å². The second-order valence-corrected chi connectivity index (χ2v) is 2.29. The van der Waals surface area contributed by atoms with Crippen molar-refractivity contribution >= 4 is 0 Å². The summed E-state index contributed by atoms with van der Waals surface area (Å²) in [6, 6.07) is 7.17. The third-order valence-electron chi connectivity index (χ3n) is 1.50. The summed E-state index contributed by atoms with van der Waals surface area (Å²) < 4.78 is 4.95. The first-order valence-electron chi connectivity index (χ1n) is 3.39. The quantitative estimate of drug-likeness (QED) is 0.695. The van der Waals surface area contributed by atoms with E-state index in [4.69, 9.17) is 9.84 Å². The monoisotopic (exact) mass is 151 g/mol. The van der Waals surface area contributed by atoms with E-state index in [-0.39, 0.29) is 0 Å². The molecule has 59 valence electrons. The van der Waals surface area contributed by atoms with Crippen molar-refractivity contribution in [2.45, 2.75) is 6.10 Å². The van der Waals surface area contributed by atoms with Crippen LogP contribution in [0.2, 0.25) is 0 Å². The van der Waals surface area contributed by atoms with Crippen molar-refractivity contribution < 1.29 is 9.84 Å². The molecule has 0 aliphatic heterocycles. The van der Waals surface area contributed by atoms with Gasteiger partial charge in [-0.25, -0.2) is 0 Å². The zero-order valence-corrected chi connectivity index (χ0v) is 6.45. The van der Waals surface area contributed by atoms with Gasteiger partial charge in [0.15, 0.2) is 0 Å². The molecule has 1 radical (unpaired) electrons. The Labute approximate surface area is 66.4 Å². The molecule has 0 aliphatic carbocycles. The van der Waals surface area contributed by atoms with E-state index in [9.17, 15) is 0 Å². The van der Waals surface area contributed by atoms with Crippen LogP contribution in [0, 0.1) is 6.92 Å². The average Bonchev–Trinajstić information content (AvgIpc) is 2.05. The van der Waals surface area contributed by atoms with E-state index in [1.807, 2.05) is 0 Å². The Morgan fingerprint density at radius 2 is 1.91 bits per heavy atom. The lowest BCUT2D eigenvalue weighted by Crippen LogP contribution is -1.90. The zero-order valence-electron chi connectivity index (χ0n) is 6.45. The summed E-state index contributed by atoms with van der Waals surface area (Å²) >= 11 is 0. The molecule has 2 heteroatoms. The zero-order chi connectivity index (χ0) is 8.27. The molecular weight excluding hydrogens is 140 g/mol. The maximum Gasteiger partial charge on any atom is 0.118 e. The van der Waals surface area contributed by atoms with Gasteiger partial charge in [0.2, 0.25) is 0 Å². The summed E-state index contributed by atoms with van der Waals surface area (Å²) in [5.74, 6) is 0.786. The third kappa shape index (κ3) is 1.95. The highest BCUT2D eigenvalue weighted by Gasteiger charge is 1.98. The van der Waals surface area contributed by atoms with Crippen LogP contribution in [-0.4, -0.2) is 12.2 Å². The van der Waals surface area contributed by atoms with Crippen molar-refractivity contribution in [3.05, 3.63) is 36.8 Å². The Kier molecular flexibility index (Phi) is 2.49. The van der Waals surface area contributed by atoms with Crippen LogP contribution in [-0.2, 0) is 0 Å². The van der Waals surface area contributed by atoms with Gasteiger partial charge < -0.3 is 9.84 Å². The third-order valence-corrected chi connectivity index (χ3v) is 1.50. The Hall–Kier alpha value is -1.02.